The number of esters is 1. The van der Waals surface area contributed by atoms with E-state index in [2.05, 4.69) is 12.2 Å². The lowest BCUT2D eigenvalue weighted by molar-refractivity contribution is -0.164. The largest absolute Gasteiger partial charge is 0.460 e. The van der Waals surface area contributed by atoms with Crippen molar-refractivity contribution < 1.29 is 14.6 Å². The Morgan fingerprint density at radius 3 is 2.53 bits per heavy atom. The molecule has 1 fully saturated rings. The molecule has 0 heterocycles. The van der Waals surface area contributed by atoms with Gasteiger partial charge >= 0.3 is 5.97 Å². The SMILES string of the molecule is CC(C)(C)OC(=O)C(CO)C1CC2C=CC1C2. The minimum atomic E-state index is -0.474. The molecule has 2 bridgehead atoms. The Bertz CT molecular complexity index is 327. The first kappa shape index (κ1) is 12.6. The summed E-state index contributed by atoms with van der Waals surface area (Å²) in [6.07, 6.45) is 6.60. The van der Waals surface area contributed by atoms with Crippen LogP contribution in [0.1, 0.15) is 33.6 Å². The van der Waals surface area contributed by atoms with Crippen LogP contribution in [0.2, 0.25) is 0 Å². The molecule has 1 N–H and O–H groups in total. The predicted octanol–water partition coefficient (Wildman–Crippen LogP) is 2.15. The number of fused-ring (bicyclic) bond motifs is 2. The van der Waals surface area contributed by atoms with Crippen LogP contribution >= 0.6 is 0 Å². The molecule has 1 saturated carbocycles. The lowest BCUT2D eigenvalue weighted by Crippen LogP contribution is -2.35. The second-order valence-electron chi connectivity index (χ2n) is 6.27. The zero-order chi connectivity index (χ0) is 12.6. The minimum Gasteiger partial charge on any atom is -0.460 e. The summed E-state index contributed by atoms with van der Waals surface area (Å²) in [4.78, 5) is 12.0. The first-order valence-electron chi connectivity index (χ1n) is 6.43. The Kier molecular flexibility index (Phi) is 3.30. The molecule has 0 saturated heterocycles. The topological polar surface area (TPSA) is 46.5 Å². The number of aliphatic hydroxyl groups is 1. The van der Waals surface area contributed by atoms with E-state index in [-0.39, 0.29) is 24.4 Å². The first-order valence-corrected chi connectivity index (χ1v) is 6.43. The zero-order valence-corrected chi connectivity index (χ0v) is 10.8. The monoisotopic (exact) mass is 238 g/mol. The number of rotatable bonds is 3. The van der Waals surface area contributed by atoms with Crippen LogP contribution in [0.25, 0.3) is 0 Å². The van der Waals surface area contributed by atoms with Crippen LogP contribution < -0.4 is 0 Å². The van der Waals surface area contributed by atoms with Crippen LogP contribution in [-0.4, -0.2) is 23.3 Å². The molecular formula is C14H22O3. The summed E-state index contributed by atoms with van der Waals surface area (Å²) < 4.78 is 5.39. The number of ether oxygens (including phenoxy) is 1. The highest BCUT2D eigenvalue weighted by Crippen LogP contribution is 2.47. The summed E-state index contributed by atoms with van der Waals surface area (Å²) in [7, 11) is 0. The molecule has 2 rings (SSSR count). The molecule has 0 aliphatic heterocycles. The van der Waals surface area contributed by atoms with Crippen molar-refractivity contribution in [2.45, 2.75) is 39.2 Å². The first-order chi connectivity index (χ1) is 7.90. The van der Waals surface area contributed by atoms with Gasteiger partial charge in [0.05, 0.1) is 12.5 Å². The van der Waals surface area contributed by atoms with Gasteiger partial charge in [-0.1, -0.05) is 12.2 Å². The van der Waals surface area contributed by atoms with Crippen molar-refractivity contribution in [3.63, 3.8) is 0 Å². The third kappa shape index (κ3) is 2.71. The quantitative estimate of drug-likeness (QED) is 0.605. The van der Waals surface area contributed by atoms with Gasteiger partial charge < -0.3 is 9.84 Å². The number of hydrogen-bond acceptors (Lipinski definition) is 3. The number of carbonyl (C=O) groups excluding carboxylic acids is 1. The minimum absolute atomic E-state index is 0.101. The van der Waals surface area contributed by atoms with Gasteiger partial charge in [0.2, 0.25) is 0 Å². The van der Waals surface area contributed by atoms with Crippen molar-refractivity contribution >= 4 is 5.97 Å². The van der Waals surface area contributed by atoms with E-state index in [4.69, 9.17) is 4.74 Å². The molecule has 17 heavy (non-hydrogen) atoms. The van der Waals surface area contributed by atoms with Gasteiger partial charge in [-0.3, -0.25) is 4.79 Å². The second-order valence-corrected chi connectivity index (χ2v) is 6.27. The van der Waals surface area contributed by atoms with Crippen molar-refractivity contribution in [1.82, 2.24) is 0 Å². The Morgan fingerprint density at radius 1 is 1.41 bits per heavy atom. The fraction of sp³-hybridized carbons (Fsp3) is 0.786. The molecule has 2 aliphatic rings. The van der Waals surface area contributed by atoms with E-state index in [9.17, 15) is 9.90 Å². The van der Waals surface area contributed by atoms with Crippen LogP contribution in [0.5, 0.6) is 0 Å². The summed E-state index contributed by atoms with van der Waals surface area (Å²) in [5.41, 5.74) is -0.474. The van der Waals surface area contributed by atoms with E-state index in [1.54, 1.807) is 0 Å². The van der Waals surface area contributed by atoms with Crippen LogP contribution in [0.15, 0.2) is 12.2 Å². The number of hydrogen-bond donors (Lipinski definition) is 1. The van der Waals surface area contributed by atoms with Gasteiger partial charge in [0.1, 0.15) is 5.60 Å². The maximum Gasteiger partial charge on any atom is 0.312 e. The van der Waals surface area contributed by atoms with Gasteiger partial charge in [-0.15, -0.1) is 0 Å². The fourth-order valence-electron chi connectivity index (χ4n) is 3.05. The highest BCUT2D eigenvalue weighted by Gasteiger charge is 2.43. The lowest BCUT2D eigenvalue weighted by Gasteiger charge is -2.29. The van der Waals surface area contributed by atoms with Crippen molar-refractivity contribution in [1.29, 1.82) is 0 Å². The maximum absolute atomic E-state index is 12.0. The number of aliphatic hydroxyl groups excluding tert-OH is 1. The Morgan fingerprint density at radius 2 is 2.12 bits per heavy atom. The zero-order valence-electron chi connectivity index (χ0n) is 10.8. The molecule has 4 unspecified atom stereocenters. The molecule has 2 aliphatic carbocycles. The van der Waals surface area contributed by atoms with Crippen molar-refractivity contribution in [3.8, 4) is 0 Å². The van der Waals surface area contributed by atoms with E-state index < -0.39 is 5.60 Å². The van der Waals surface area contributed by atoms with Crippen LogP contribution in [0.3, 0.4) is 0 Å². The normalized spacial score (nSPS) is 32.8. The smallest absolute Gasteiger partial charge is 0.312 e. The van der Waals surface area contributed by atoms with Gasteiger partial charge in [0.15, 0.2) is 0 Å². The van der Waals surface area contributed by atoms with Crippen molar-refractivity contribution in [2.24, 2.45) is 23.7 Å². The van der Waals surface area contributed by atoms with Crippen LogP contribution in [-0.2, 0) is 9.53 Å². The average molecular weight is 238 g/mol. The van der Waals surface area contributed by atoms with E-state index in [1.807, 2.05) is 20.8 Å². The van der Waals surface area contributed by atoms with Gasteiger partial charge in [-0.25, -0.2) is 0 Å². The maximum atomic E-state index is 12.0. The van der Waals surface area contributed by atoms with E-state index >= 15 is 0 Å². The van der Waals surface area contributed by atoms with Gasteiger partial charge in [-0.05, 0) is 51.4 Å². The van der Waals surface area contributed by atoms with Gasteiger partial charge in [0.25, 0.3) is 0 Å². The van der Waals surface area contributed by atoms with E-state index in [0.717, 1.165) is 12.8 Å². The third-order valence-electron chi connectivity index (χ3n) is 3.75. The summed E-state index contributed by atoms with van der Waals surface area (Å²) in [6, 6.07) is 0. The average Bonchev–Trinajstić information content (AvgIpc) is 2.77. The third-order valence-corrected chi connectivity index (χ3v) is 3.75. The van der Waals surface area contributed by atoms with Gasteiger partial charge in [-0.2, -0.15) is 0 Å². The predicted molar refractivity (Wildman–Crippen MR) is 65.3 cm³/mol. The van der Waals surface area contributed by atoms with Crippen molar-refractivity contribution in [3.05, 3.63) is 12.2 Å². The molecule has 0 aromatic rings. The molecule has 96 valence electrons. The molecule has 0 spiro atoms. The molecule has 0 radical (unpaired) electrons. The van der Waals surface area contributed by atoms with Crippen molar-refractivity contribution in [2.75, 3.05) is 6.61 Å². The summed E-state index contributed by atoms with van der Waals surface area (Å²) in [5, 5.41) is 9.46. The highest BCUT2D eigenvalue weighted by atomic mass is 16.6. The fourth-order valence-corrected chi connectivity index (χ4v) is 3.05. The highest BCUT2D eigenvalue weighted by molar-refractivity contribution is 5.73. The Balaban J connectivity index is 2.02. The molecule has 0 aromatic carbocycles. The molecule has 0 amide bonds. The van der Waals surface area contributed by atoms with Gasteiger partial charge in [0, 0.05) is 0 Å². The molecule has 3 heteroatoms. The summed E-state index contributed by atoms with van der Waals surface area (Å²) in [6.45, 7) is 5.48. The Hall–Kier alpha value is -0.830. The molecule has 4 atom stereocenters. The van der Waals surface area contributed by atoms with E-state index in [1.165, 1.54) is 0 Å². The summed E-state index contributed by atoms with van der Waals surface area (Å²) in [5.74, 6) is 0.746. The standard InChI is InChI=1S/C14H22O3/c1-14(2,3)17-13(16)12(8-15)11-7-9-4-5-10(11)6-9/h4-5,9-12,15H,6-8H2,1-3H3. The lowest BCUT2D eigenvalue weighted by atomic mass is 9.82. The summed E-state index contributed by atoms with van der Waals surface area (Å²) >= 11 is 0. The second kappa shape index (κ2) is 4.45. The number of allylic oxidation sites excluding steroid dienone is 2. The number of carbonyl (C=O) groups is 1. The van der Waals surface area contributed by atoms with Crippen LogP contribution in [0, 0.1) is 23.7 Å². The Labute approximate surface area is 103 Å². The van der Waals surface area contributed by atoms with E-state index in [0.29, 0.717) is 11.8 Å². The molecule has 3 nitrogen and oxygen atoms in total. The van der Waals surface area contributed by atoms with Crippen LogP contribution in [0.4, 0.5) is 0 Å². The molecule has 0 aromatic heterocycles. The molecular weight excluding hydrogens is 216 g/mol.